The maximum Gasteiger partial charge on any atom is 0.130 e. The number of fused-ring (bicyclic) bond motifs is 1. The van der Waals surface area contributed by atoms with Crippen LogP contribution < -0.4 is 10.6 Å². The van der Waals surface area contributed by atoms with Gasteiger partial charge in [0, 0.05) is 37.4 Å². The molecule has 1 aromatic rings. The van der Waals surface area contributed by atoms with Gasteiger partial charge in [-0.15, -0.1) is 0 Å². The third-order valence-corrected chi connectivity index (χ3v) is 4.39. The minimum absolute atomic E-state index is 0.575. The van der Waals surface area contributed by atoms with Gasteiger partial charge in [-0.3, -0.25) is 0 Å². The van der Waals surface area contributed by atoms with Gasteiger partial charge >= 0.3 is 0 Å². The van der Waals surface area contributed by atoms with Crippen LogP contribution in [0.4, 0.5) is 0 Å². The Hall–Kier alpha value is -1.04. The molecule has 1 aliphatic heterocycles. The molecular formula is C15H24N4O. The van der Waals surface area contributed by atoms with Crippen molar-refractivity contribution in [2.24, 2.45) is 0 Å². The van der Waals surface area contributed by atoms with Crippen LogP contribution in [0, 0.1) is 6.92 Å². The topological polar surface area (TPSA) is 70.1 Å². The van der Waals surface area contributed by atoms with Crippen LogP contribution in [0.1, 0.15) is 35.6 Å². The van der Waals surface area contributed by atoms with Gasteiger partial charge in [0.05, 0.1) is 5.60 Å². The molecule has 0 bridgehead atoms. The highest BCUT2D eigenvalue weighted by Crippen LogP contribution is 2.22. The Balaban J connectivity index is 1.50. The van der Waals surface area contributed by atoms with Gasteiger partial charge in [-0.25, -0.2) is 9.97 Å². The van der Waals surface area contributed by atoms with Crippen molar-refractivity contribution in [3.8, 4) is 0 Å². The van der Waals surface area contributed by atoms with Gasteiger partial charge < -0.3 is 15.7 Å². The first-order valence-electron chi connectivity index (χ1n) is 7.65. The fourth-order valence-corrected chi connectivity index (χ4v) is 3.20. The molecular weight excluding hydrogens is 252 g/mol. The van der Waals surface area contributed by atoms with Crippen molar-refractivity contribution in [2.45, 2.75) is 44.6 Å². The van der Waals surface area contributed by atoms with Crippen LogP contribution in [-0.2, 0) is 19.3 Å². The summed E-state index contributed by atoms with van der Waals surface area (Å²) >= 11 is 0. The monoisotopic (exact) mass is 276 g/mol. The van der Waals surface area contributed by atoms with Crippen molar-refractivity contribution in [1.82, 2.24) is 20.6 Å². The summed E-state index contributed by atoms with van der Waals surface area (Å²) in [6.07, 6.45) is 5.11. The molecule has 0 spiro atoms. The molecule has 3 rings (SSSR count). The molecule has 5 heteroatoms. The summed E-state index contributed by atoms with van der Waals surface area (Å²) in [5.41, 5.74) is 3.20. The number of aromatic nitrogens is 2. The van der Waals surface area contributed by atoms with Crippen molar-refractivity contribution in [3.63, 3.8) is 0 Å². The summed E-state index contributed by atoms with van der Waals surface area (Å²) in [6.45, 7) is 5.15. The van der Waals surface area contributed by atoms with E-state index in [-0.39, 0.29) is 0 Å². The Morgan fingerprint density at radius 1 is 1.35 bits per heavy atom. The smallest absolute Gasteiger partial charge is 0.130 e. The third kappa shape index (κ3) is 3.00. The number of hydrogen-bond acceptors (Lipinski definition) is 5. The molecule has 1 atom stereocenters. The first-order valence-corrected chi connectivity index (χ1v) is 7.65. The highest BCUT2D eigenvalue weighted by atomic mass is 16.3. The van der Waals surface area contributed by atoms with E-state index in [2.05, 4.69) is 27.5 Å². The van der Waals surface area contributed by atoms with E-state index in [4.69, 9.17) is 0 Å². The largest absolute Gasteiger partial charge is 0.387 e. The summed E-state index contributed by atoms with van der Waals surface area (Å²) in [5, 5.41) is 16.7. The zero-order valence-corrected chi connectivity index (χ0v) is 12.2. The van der Waals surface area contributed by atoms with Crippen molar-refractivity contribution in [2.75, 3.05) is 26.2 Å². The zero-order chi connectivity index (χ0) is 14.0. The van der Waals surface area contributed by atoms with Gasteiger partial charge in [0.1, 0.15) is 5.82 Å². The van der Waals surface area contributed by atoms with E-state index in [0.29, 0.717) is 13.1 Å². The average molecular weight is 276 g/mol. The number of nitrogens with one attached hydrogen (secondary N) is 2. The lowest BCUT2D eigenvalue weighted by molar-refractivity contribution is 0.0614. The standard InChI is InChI=1S/C15H24N4O/c1-11-12-3-2-4-13(12)19-14(18-11)5-7-16-9-15(20)6-8-17-10-15/h16-17,20H,2-10H2,1H3/t15-/m1/s1. The van der Waals surface area contributed by atoms with Gasteiger partial charge in [-0.2, -0.15) is 0 Å². The third-order valence-electron chi connectivity index (χ3n) is 4.39. The van der Waals surface area contributed by atoms with Crippen molar-refractivity contribution in [3.05, 3.63) is 22.8 Å². The molecule has 110 valence electrons. The second kappa shape index (κ2) is 5.76. The Kier molecular flexibility index (Phi) is 4.01. The van der Waals surface area contributed by atoms with Crippen LogP contribution >= 0.6 is 0 Å². The molecule has 0 unspecified atom stereocenters. The summed E-state index contributed by atoms with van der Waals surface area (Å²) in [4.78, 5) is 9.28. The second-order valence-corrected chi connectivity index (χ2v) is 6.08. The molecule has 0 aromatic carbocycles. The predicted molar refractivity (Wildman–Crippen MR) is 77.8 cm³/mol. The molecule has 5 nitrogen and oxygen atoms in total. The lowest BCUT2D eigenvalue weighted by Gasteiger charge is -2.21. The quantitative estimate of drug-likeness (QED) is 0.667. The first-order chi connectivity index (χ1) is 9.66. The number of hydrogen-bond donors (Lipinski definition) is 3. The minimum atomic E-state index is -0.575. The summed E-state index contributed by atoms with van der Waals surface area (Å²) in [6, 6.07) is 0. The molecule has 1 aliphatic carbocycles. The van der Waals surface area contributed by atoms with Gasteiger partial charge in [0.15, 0.2) is 0 Å². The fourth-order valence-electron chi connectivity index (χ4n) is 3.20. The van der Waals surface area contributed by atoms with E-state index >= 15 is 0 Å². The van der Waals surface area contributed by atoms with Crippen LogP contribution in [-0.4, -0.2) is 46.9 Å². The Morgan fingerprint density at radius 2 is 2.25 bits per heavy atom. The summed E-state index contributed by atoms with van der Waals surface area (Å²) in [7, 11) is 0. The number of aliphatic hydroxyl groups is 1. The van der Waals surface area contributed by atoms with Gasteiger partial charge in [0.25, 0.3) is 0 Å². The van der Waals surface area contributed by atoms with E-state index in [1.165, 1.54) is 17.7 Å². The summed E-state index contributed by atoms with van der Waals surface area (Å²) < 4.78 is 0. The van der Waals surface area contributed by atoms with E-state index in [1.807, 2.05) is 0 Å². The normalized spacial score (nSPS) is 25.1. The molecule has 2 heterocycles. The summed E-state index contributed by atoms with van der Waals surface area (Å²) in [5.74, 6) is 0.937. The fraction of sp³-hybridized carbons (Fsp3) is 0.733. The highest BCUT2D eigenvalue weighted by Gasteiger charge is 2.30. The molecule has 1 saturated heterocycles. The van der Waals surface area contributed by atoms with Crippen LogP contribution in [0.3, 0.4) is 0 Å². The Morgan fingerprint density at radius 3 is 3.05 bits per heavy atom. The van der Waals surface area contributed by atoms with E-state index in [9.17, 15) is 5.11 Å². The van der Waals surface area contributed by atoms with Crippen LogP contribution in [0.25, 0.3) is 0 Å². The molecule has 1 aromatic heterocycles. The van der Waals surface area contributed by atoms with Gasteiger partial charge in [-0.05, 0) is 44.7 Å². The lowest BCUT2D eigenvalue weighted by atomic mass is 10.0. The molecule has 2 aliphatic rings. The Labute approximate surface area is 120 Å². The predicted octanol–water partition coefficient (Wildman–Crippen LogP) is 0.130. The van der Waals surface area contributed by atoms with Crippen molar-refractivity contribution in [1.29, 1.82) is 0 Å². The van der Waals surface area contributed by atoms with E-state index in [1.54, 1.807) is 0 Å². The first kappa shape index (κ1) is 13.9. The average Bonchev–Trinajstić information content (AvgIpc) is 3.04. The van der Waals surface area contributed by atoms with Crippen LogP contribution in [0.15, 0.2) is 0 Å². The van der Waals surface area contributed by atoms with E-state index < -0.39 is 5.60 Å². The zero-order valence-electron chi connectivity index (χ0n) is 12.2. The van der Waals surface area contributed by atoms with Gasteiger partial charge in [0.2, 0.25) is 0 Å². The molecule has 0 radical (unpaired) electrons. The van der Waals surface area contributed by atoms with Crippen molar-refractivity contribution >= 4 is 0 Å². The molecule has 3 N–H and O–H groups in total. The highest BCUT2D eigenvalue weighted by molar-refractivity contribution is 5.29. The van der Waals surface area contributed by atoms with Crippen LogP contribution in [0.5, 0.6) is 0 Å². The second-order valence-electron chi connectivity index (χ2n) is 6.08. The number of aryl methyl sites for hydroxylation is 2. The number of β-amino-alcohol motifs (C(OH)–C–C–N with tert-alkyl or cyclic N) is 1. The maximum absolute atomic E-state index is 10.2. The minimum Gasteiger partial charge on any atom is -0.387 e. The van der Waals surface area contributed by atoms with E-state index in [0.717, 1.165) is 50.3 Å². The number of rotatable bonds is 5. The van der Waals surface area contributed by atoms with Gasteiger partial charge in [-0.1, -0.05) is 0 Å². The Bertz CT molecular complexity index is 483. The molecule has 1 fully saturated rings. The molecule has 20 heavy (non-hydrogen) atoms. The molecule has 0 amide bonds. The lowest BCUT2D eigenvalue weighted by Crippen LogP contribution is -2.42. The SMILES string of the molecule is Cc1nc(CCNC[C@]2(O)CCNC2)nc2c1CCC2. The van der Waals surface area contributed by atoms with Crippen molar-refractivity contribution < 1.29 is 5.11 Å². The maximum atomic E-state index is 10.2. The van der Waals surface area contributed by atoms with Crippen LogP contribution in [0.2, 0.25) is 0 Å². The molecule has 0 saturated carbocycles. The number of nitrogens with zero attached hydrogens (tertiary/aromatic N) is 2.